The zero-order chi connectivity index (χ0) is 20.2. The summed E-state index contributed by atoms with van der Waals surface area (Å²) in [4.78, 5) is 21.7. The summed E-state index contributed by atoms with van der Waals surface area (Å²) >= 11 is 0. The molecule has 0 aliphatic heterocycles. The van der Waals surface area contributed by atoms with Crippen molar-refractivity contribution in [2.24, 2.45) is 5.92 Å². The Morgan fingerprint density at radius 1 is 1.24 bits per heavy atom. The number of aromatic nitrogens is 4. The van der Waals surface area contributed by atoms with Crippen molar-refractivity contribution >= 4 is 28.3 Å². The number of fused-ring (bicyclic) bond motifs is 1. The van der Waals surface area contributed by atoms with Gasteiger partial charge in [-0.3, -0.25) is 9.78 Å². The average molecular weight is 393 g/mol. The SMILES string of the molecule is CCn1ncc2c(N[C@H](C)C3CCCCC3)c(C(=O)Nc3cccnc3)cnc21. The van der Waals surface area contributed by atoms with Gasteiger partial charge in [-0.2, -0.15) is 5.10 Å². The van der Waals surface area contributed by atoms with E-state index in [1.54, 1.807) is 24.7 Å². The summed E-state index contributed by atoms with van der Waals surface area (Å²) in [6.07, 6.45) is 13.1. The third kappa shape index (κ3) is 4.09. The molecule has 1 atom stereocenters. The van der Waals surface area contributed by atoms with Gasteiger partial charge in [-0.1, -0.05) is 19.3 Å². The molecule has 0 bridgehead atoms. The Morgan fingerprint density at radius 3 is 2.79 bits per heavy atom. The van der Waals surface area contributed by atoms with Gasteiger partial charge in [-0.25, -0.2) is 9.67 Å². The largest absolute Gasteiger partial charge is 0.381 e. The van der Waals surface area contributed by atoms with Gasteiger partial charge in [0.2, 0.25) is 0 Å². The van der Waals surface area contributed by atoms with Crippen LogP contribution in [0.3, 0.4) is 0 Å². The normalized spacial score (nSPS) is 15.9. The first kappa shape index (κ1) is 19.4. The van der Waals surface area contributed by atoms with Crippen LogP contribution in [-0.2, 0) is 6.54 Å². The number of nitrogens with one attached hydrogen (secondary N) is 2. The maximum Gasteiger partial charge on any atom is 0.259 e. The van der Waals surface area contributed by atoms with E-state index in [9.17, 15) is 4.79 Å². The maximum absolute atomic E-state index is 13.1. The molecule has 2 N–H and O–H groups in total. The molecule has 3 heterocycles. The molecule has 7 heteroatoms. The van der Waals surface area contributed by atoms with E-state index in [0.717, 1.165) is 23.3 Å². The van der Waals surface area contributed by atoms with Crippen LogP contribution in [0.2, 0.25) is 0 Å². The average Bonchev–Trinajstić information content (AvgIpc) is 3.19. The molecular weight excluding hydrogens is 364 g/mol. The summed E-state index contributed by atoms with van der Waals surface area (Å²) in [6.45, 7) is 4.99. The first-order chi connectivity index (χ1) is 14.2. The first-order valence-corrected chi connectivity index (χ1v) is 10.5. The summed E-state index contributed by atoms with van der Waals surface area (Å²) in [5.74, 6) is 0.414. The number of aryl methyl sites for hydroxylation is 1. The lowest BCUT2D eigenvalue weighted by atomic mass is 9.84. The van der Waals surface area contributed by atoms with Crippen LogP contribution in [0.5, 0.6) is 0 Å². The van der Waals surface area contributed by atoms with Crippen molar-refractivity contribution in [1.82, 2.24) is 19.7 Å². The number of carbonyl (C=O) groups is 1. The predicted molar refractivity (Wildman–Crippen MR) is 115 cm³/mol. The number of amides is 1. The lowest BCUT2D eigenvalue weighted by Crippen LogP contribution is -2.29. The second-order valence-electron chi connectivity index (χ2n) is 7.77. The molecule has 3 aromatic rings. The molecule has 0 radical (unpaired) electrons. The van der Waals surface area contributed by atoms with E-state index < -0.39 is 0 Å². The van der Waals surface area contributed by atoms with E-state index >= 15 is 0 Å². The number of carbonyl (C=O) groups excluding carboxylic acids is 1. The van der Waals surface area contributed by atoms with Crippen molar-refractivity contribution in [1.29, 1.82) is 0 Å². The van der Waals surface area contributed by atoms with Gasteiger partial charge in [0.15, 0.2) is 5.65 Å². The second kappa shape index (κ2) is 8.59. The van der Waals surface area contributed by atoms with Gasteiger partial charge in [-0.05, 0) is 44.7 Å². The topological polar surface area (TPSA) is 84.7 Å². The van der Waals surface area contributed by atoms with Crippen LogP contribution in [0, 0.1) is 5.92 Å². The second-order valence-corrected chi connectivity index (χ2v) is 7.77. The summed E-state index contributed by atoms with van der Waals surface area (Å²) in [6, 6.07) is 3.90. The molecule has 0 spiro atoms. The van der Waals surface area contributed by atoms with Crippen molar-refractivity contribution < 1.29 is 4.79 Å². The highest BCUT2D eigenvalue weighted by molar-refractivity contribution is 6.12. The van der Waals surface area contributed by atoms with E-state index in [1.807, 2.05) is 23.9 Å². The van der Waals surface area contributed by atoms with E-state index in [0.29, 0.717) is 17.2 Å². The monoisotopic (exact) mass is 392 g/mol. The quantitative estimate of drug-likeness (QED) is 0.646. The number of nitrogens with zero attached hydrogens (tertiary/aromatic N) is 4. The van der Waals surface area contributed by atoms with Gasteiger partial charge in [-0.15, -0.1) is 0 Å². The predicted octanol–water partition coefficient (Wildman–Crippen LogP) is 4.48. The Hall–Kier alpha value is -2.96. The number of hydrogen-bond acceptors (Lipinski definition) is 5. The number of anilines is 2. The Labute approximate surface area is 170 Å². The molecule has 0 saturated heterocycles. The van der Waals surface area contributed by atoms with Crippen LogP contribution in [0.15, 0.2) is 36.9 Å². The third-order valence-electron chi connectivity index (χ3n) is 5.86. The van der Waals surface area contributed by atoms with Crippen molar-refractivity contribution in [3.8, 4) is 0 Å². The Kier molecular flexibility index (Phi) is 5.74. The Bertz CT molecular complexity index is 978. The van der Waals surface area contributed by atoms with Crippen LogP contribution >= 0.6 is 0 Å². The summed E-state index contributed by atoms with van der Waals surface area (Å²) in [7, 11) is 0. The summed E-state index contributed by atoms with van der Waals surface area (Å²) in [5.41, 5.74) is 2.80. The molecular formula is C22H28N6O. The highest BCUT2D eigenvalue weighted by Gasteiger charge is 2.24. The third-order valence-corrected chi connectivity index (χ3v) is 5.86. The van der Waals surface area contributed by atoms with E-state index in [-0.39, 0.29) is 11.9 Å². The molecule has 1 amide bonds. The molecule has 1 aliphatic rings. The lowest BCUT2D eigenvalue weighted by Gasteiger charge is -2.29. The fourth-order valence-electron chi connectivity index (χ4n) is 4.20. The zero-order valence-electron chi connectivity index (χ0n) is 17.1. The molecule has 0 aromatic carbocycles. The fourth-order valence-corrected chi connectivity index (χ4v) is 4.20. The maximum atomic E-state index is 13.1. The molecule has 0 unspecified atom stereocenters. The summed E-state index contributed by atoms with van der Waals surface area (Å²) in [5, 5.41) is 11.9. The van der Waals surface area contributed by atoms with Gasteiger partial charge < -0.3 is 10.6 Å². The summed E-state index contributed by atoms with van der Waals surface area (Å²) < 4.78 is 1.86. The molecule has 152 valence electrons. The van der Waals surface area contributed by atoms with Crippen LogP contribution < -0.4 is 10.6 Å². The van der Waals surface area contributed by atoms with Gasteiger partial charge in [0.05, 0.1) is 34.7 Å². The van der Waals surface area contributed by atoms with Crippen LogP contribution in [-0.4, -0.2) is 31.7 Å². The fraction of sp³-hybridized carbons (Fsp3) is 0.455. The van der Waals surface area contributed by atoms with Gasteiger partial charge in [0.25, 0.3) is 5.91 Å². The minimum Gasteiger partial charge on any atom is -0.381 e. The minimum absolute atomic E-state index is 0.199. The van der Waals surface area contributed by atoms with Crippen molar-refractivity contribution in [2.75, 3.05) is 10.6 Å². The Balaban J connectivity index is 1.69. The van der Waals surface area contributed by atoms with Gasteiger partial charge in [0, 0.05) is 25.0 Å². The van der Waals surface area contributed by atoms with Crippen LogP contribution in [0.4, 0.5) is 11.4 Å². The molecule has 4 rings (SSSR count). The first-order valence-electron chi connectivity index (χ1n) is 10.5. The number of hydrogen-bond donors (Lipinski definition) is 2. The molecule has 1 fully saturated rings. The van der Waals surface area contributed by atoms with E-state index in [4.69, 9.17) is 0 Å². The highest BCUT2D eigenvalue weighted by atomic mass is 16.1. The van der Waals surface area contributed by atoms with Gasteiger partial charge in [0.1, 0.15) is 0 Å². The Morgan fingerprint density at radius 2 is 2.07 bits per heavy atom. The van der Waals surface area contributed by atoms with Crippen molar-refractivity contribution in [2.45, 2.75) is 58.5 Å². The van der Waals surface area contributed by atoms with Crippen molar-refractivity contribution in [3.63, 3.8) is 0 Å². The van der Waals surface area contributed by atoms with Crippen LogP contribution in [0.25, 0.3) is 11.0 Å². The van der Waals surface area contributed by atoms with E-state index in [1.165, 1.54) is 32.1 Å². The standard InChI is InChI=1S/C22H28N6O/c1-3-28-21-18(14-25-28)20(26-15(2)16-8-5-4-6-9-16)19(13-24-21)22(29)27-17-10-7-11-23-12-17/h7,10-16H,3-6,8-9H2,1-2H3,(H,24,26)(H,27,29)/t15-/m1/s1. The smallest absolute Gasteiger partial charge is 0.259 e. The zero-order valence-corrected chi connectivity index (χ0v) is 17.1. The lowest BCUT2D eigenvalue weighted by molar-refractivity contribution is 0.102. The molecule has 1 aliphatic carbocycles. The van der Waals surface area contributed by atoms with Gasteiger partial charge >= 0.3 is 0 Å². The van der Waals surface area contributed by atoms with E-state index in [2.05, 4.69) is 32.6 Å². The van der Waals surface area contributed by atoms with Crippen molar-refractivity contribution in [3.05, 3.63) is 42.5 Å². The number of rotatable bonds is 6. The molecule has 7 nitrogen and oxygen atoms in total. The number of pyridine rings is 2. The molecule has 3 aromatic heterocycles. The van der Waals surface area contributed by atoms with Crippen LogP contribution in [0.1, 0.15) is 56.3 Å². The minimum atomic E-state index is -0.199. The molecule has 29 heavy (non-hydrogen) atoms. The highest BCUT2D eigenvalue weighted by Crippen LogP contribution is 2.32. The molecule has 1 saturated carbocycles.